The van der Waals surface area contributed by atoms with Crippen molar-refractivity contribution in [3.05, 3.63) is 78.0 Å². The quantitative estimate of drug-likeness (QED) is 0.467. The van der Waals surface area contributed by atoms with Gasteiger partial charge in [0.25, 0.3) is 0 Å². The Kier molecular flexibility index (Phi) is 5.44. The van der Waals surface area contributed by atoms with E-state index in [-0.39, 0.29) is 5.91 Å². The molecule has 1 amide bonds. The van der Waals surface area contributed by atoms with Crippen LogP contribution in [0, 0.1) is 6.92 Å². The summed E-state index contributed by atoms with van der Waals surface area (Å²) >= 11 is 1.57. The minimum Gasteiger partial charge on any atom is -0.326 e. The van der Waals surface area contributed by atoms with E-state index < -0.39 is 0 Å². The second-order valence-corrected chi connectivity index (χ2v) is 7.69. The van der Waals surface area contributed by atoms with Gasteiger partial charge in [-0.05, 0) is 49.1 Å². The largest absolute Gasteiger partial charge is 0.326 e. The molecule has 0 aliphatic rings. The summed E-state index contributed by atoms with van der Waals surface area (Å²) in [6, 6.07) is 20.1. The number of aryl methyl sites for hydroxylation is 1. The molecule has 0 saturated carbocycles. The van der Waals surface area contributed by atoms with Gasteiger partial charge in [-0.15, -0.1) is 0 Å². The Balaban J connectivity index is 1.45. The molecule has 0 bridgehead atoms. The smallest absolute Gasteiger partial charge is 0.224 e. The van der Waals surface area contributed by atoms with Crippen molar-refractivity contribution in [2.24, 2.45) is 0 Å². The molecule has 4 rings (SSSR count). The van der Waals surface area contributed by atoms with E-state index in [1.54, 1.807) is 17.5 Å². The Morgan fingerprint density at radius 3 is 2.71 bits per heavy atom. The molecule has 2 heterocycles. The third-order valence-electron chi connectivity index (χ3n) is 4.72. The second-order valence-electron chi connectivity index (χ2n) is 6.71. The van der Waals surface area contributed by atoms with Gasteiger partial charge in [0.1, 0.15) is 15.4 Å². The first-order chi connectivity index (χ1) is 13.7. The average Bonchev–Trinajstić information content (AvgIpc) is 3.14. The summed E-state index contributed by atoms with van der Waals surface area (Å²) in [5, 5.41) is 3.99. The van der Waals surface area contributed by atoms with Crippen molar-refractivity contribution >= 4 is 33.3 Å². The number of amides is 1. The number of nitrogens with zero attached hydrogens (tertiary/aromatic N) is 2. The van der Waals surface area contributed by atoms with Crippen LogP contribution in [0.3, 0.4) is 0 Å². The van der Waals surface area contributed by atoms with Gasteiger partial charge in [0.2, 0.25) is 5.91 Å². The summed E-state index contributed by atoms with van der Waals surface area (Å²) in [6.45, 7) is 2.02. The number of carbonyl (C=O) groups excluding carboxylic acids is 1. The highest BCUT2D eigenvalue weighted by molar-refractivity contribution is 7.21. The summed E-state index contributed by atoms with van der Waals surface area (Å²) in [7, 11) is 0. The number of fused-ring (bicyclic) bond motifs is 1. The maximum atomic E-state index is 12.4. The van der Waals surface area contributed by atoms with Crippen molar-refractivity contribution in [3.63, 3.8) is 0 Å². The van der Waals surface area contributed by atoms with Gasteiger partial charge in [-0.3, -0.25) is 4.79 Å². The van der Waals surface area contributed by atoms with Crippen LogP contribution >= 0.6 is 11.3 Å². The predicted octanol–water partition coefficient (Wildman–Crippen LogP) is 5.63. The Bertz CT molecular complexity index is 1070. The molecule has 2 aromatic carbocycles. The molecular formula is C23H21N3OS. The lowest BCUT2D eigenvalue weighted by Gasteiger charge is -2.11. The lowest BCUT2D eigenvalue weighted by Crippen LogP contribution is -2.12. The van der Waals surface area contributed by atoms with Gasteiger partial charge in [-0.1, -0.05) is 53.8 Å². The lowest BCUT2D eigenvalue weighted by atomic mass is 10.1. The SMILES string of the molecule is Cc1c(NC(=O)CCCc2ccccc2)cccc1-c1nc2cccnc2s1. The molecule has 0 unspecified atom stereocenters. The highest BCUT2D eigenvalue weighted by Crippen LogP contribution is 2.33. The number of nitrogens with one attached hydrogen (secondary N) is 1. The molecule has 2 aromatic heterocycles. The van der Waals surface area contributed by atoms with Crippen LogP contribution < -0.4 is 5.32 Å². The summed E-state index contributed by atoms with van der Waals surface area (Å²) in [6.07, 6.45) is 4.02. The van der Waals surface area contributed by atoms with E-state index in [1.807, 2.05) is 55.5 Å². The molecule has 0 aliphatic carbocycles. The molecular weight excluding hydrogens is 366 g/mol. The van der Waals surface area contributed by atoms with Gasteiger partial charge >= 0.3 is 0 Å². The standard InChI is InChI=1S/C23H21N3OS/c1-16-18(22-26-20-13-7-15-24-23(20)28-22)11-6-12-19(16)25-21(27)14-5-10-17-8-3-2-4-9-17/h2-4,6-9,11-13,15H,5,10,14H2,1H3,(H,25,27). The first-order valence-corrected chi connectivity index (χ1v) is 10.2. The van der Waals surface area contributed by atoms with Crippen molar-refractivity contribution in [2.45, 2.75) is 26.2 Å². The predicted molar refractivity (Wildman–Crippen MR) is 116 cm³/mol. The van der Waals surface area contributed by atoms with Crippen LogP contribution in [0.4, 0.5) is 5.69 Å². The summed E-state index contributed by atoms with van der Waals surface area (Å²) in [5.41, 5.74) is 5.06. The van der Waals surface area contributed by atoms with Crippen LogP contribution in [0.15, 0.2) is 66.9 Å². The molecule has 140 valence electrons. The molecule has 0 saturated heterocycles. The van der Waals surface area contributed by atoms with E-state index in [4.69, 9.17) is 4.98 Å². The van der Waals surface area contributed by atoms with Crippen LogP contribution in [0.2, 0.25) is 0 Å². The Hall–Kier alpha value is -3.05. The zero-order valence-corrected chi connectivity index (χ0v) is 16.5. The van der Waals surface area contributed by atoms with Gasteiger partial charge < -0.3 is 5.32 Å². The first kappa shape index (κ1) is 18.3. The maximum absolute atomic E-state index is 12.4. The van der Waals surface area contributed by atoms with E-state index in [0.29, 0.717) is 6.42 Å². The third kappa shape index (κ3) is 4.10. The number of carbonyl (C=O) groups is 1. The fraction of sp³-hybridized carbons (Fsp3) is 0.174. The average molecular weight is 388 g/mol. The second kappa shape index (κ2) is 8.31. The number of aromatic nitrogens is 2. The van der Waals surface area contributed by atoms with Gasteiger partial charge in [0.15, 0.2) is 0 Å². The van der Waals surface area contributed by atoms with Crippen molar-refractivity contribution < 1.29 is 4.79 Å². The zero-order valence-electron chi connectivity index (χ0n) is 15.7. The molecule has 0 atom stereocenters. The topological polar surface area (TPSA) is 54.9 Å². The summed E-state index contributed by atoms with van der Waals surface area (Å²) < 4.78 is 0. The van der Waals surface area contributed by atoms with Crippen molar-refractivity contribution in [1.29, 1.82) is 0 Å². The minimum atomic E-state index is 0.0437. The van der Waals surface area contributed by atoms with Gasteiger partial charge in [0, 0.05) is 23.9 Å². The van der Waals surface area contributed by atoms with Crippen molar-refractivity contribution in [2.75, 3.05) is 5.32 Å². The van der Waals surface area contributed by atoms with Crippen LogP contribution in [0.5, 0.6) is 0 Å². The van der Waals surface area contributed by atoms with E-state index in [9.17, 15) is 4.79 Å². The highest BCUT2D eigenvalue weighted by atomic mass is 32.1. The minimum absolute atomic E-state index is 0.0437. The molecule has 0 radical (unpaired) electrons. The molecule has 28 heavy (non-hydrogen) atoms. The van der Waals surface area contributed by atoms with E-state index in [0.717, 1.165) is 45.0 Å². The monoisotopic (exact) mass is 387 g/mol. The van der Waals surface area contributed by atoms with Crippen LogP contribution in [0.1, 0.15) is 24.0 Å². The van der Waals surface area contributed by atoms with Crippen LogP contribution in [0.25, 0.3) is 20.9 Å². The molecule has 4 nitrogen and oxygen atoms in total. The van der Waals surface area contributed by atoms with E-state index in [1.165, 1.54) is 5.56 Å². The van der Waals surface area contributed by atoms with E-state index in [2.05, 4.69) is 22.4 Å². The third-order valence-corrected chi connectivity index (χ3v) is 5.73. The molecule has 4 aromatic rings. The summed E-state index contributed by atoms with van der Waals surface area (Å²) in [4.78, 5) is 22.4. The maximum Gasteiger partial charge on any atom is 0.224 e. The zero-order chi connectivity index (χ0) is 19.3. The molecule has 1 N–H and O–H groups in total. The Labute approximate surface area is 168 Å². The van der Waals surface area contributed by atoms with E-state index >= 15 is 0 Å². The van der Waals surface area contributed by atoms with Crippen molar-refractivity contribution in [3.8, 4) is 10.6 Å². The number of pyridine rings is 1. The van der Waals surface area contributed by atoms with Crippen molar-refractivity contribution in [1.82, 2.24) is 9.97 Å². The number of hydrogen-bond donors (Lipinski definition) is 1. The van der Waals surface area contributed by atoms with Crippen LogP contribution in [-0.2, 0) is 11.2 Å². The Morgan fingerprint density at radius 2 is 1.89 bits per heavy atom. The van der Waals surface area contributed by atoms with Crippen LogP contribution in [-0.4, -0.2) is 15.9 Å². The molecule has 0 aliphatic heterocycles. The number of anilines is 1. The number of thiazole rings is 1. The van der Waals surface area contributed by atoms with Gasteiger partial charge in [0.05, 0.1) is 0 Å². The Morgan fingerprint density at radius 1 is 1.04 bits per heavy atom. The molecule has 5 heteroatoms. The fourth-order valence-corrected chi connectivity index (χ4v) is 4.19. The van der Waals surface area contributed by atoms with Gasteiger partial charge in [-0.25, -0.2) is 9.97 Å². The molecule has 0 spiro atoms. The summed E-state index contributed by atoms with van der Waals surface area (Å²) in [5.74, 6) is 0.0437. The molecule has 0 fully saturated rings. The number of hydrogen-bond acceptors (Lipinski definition) is 4. The highest BCUT2D eigenvalue weighted by Gasteiger charge is 2.13. The fourth-order valence-electron chi connectivity index (χ4n) is 3.20. The normalized spacial score (nSPS) is 10.9. The number of benzene rings is 2. The van der Waals surface area contributed by atoms with Gasteiger partial charge in [-0.2, -0.15) is 0 Å². The lowest BCUT2D eigenvalue weighted by molar-refractivity contribution is -0.116. The number of rotatable bonds is 6. The first-order valence-electron chi connectivity index (χ1n) is 9.36.